The van der Waals surface area contributed by atoms with Crippen LogP contribution in [0, 0.1) is 5.92 Å². The van der Waals surface area contributed by atoms with Crippen LogP contribution in [-0.4, -0.2) is 13.2 Å². The molecule has 1 aliphatic rings. The largest absolute Gasteiger partial charge is 0.377 e. The topological polar surface area (TPSA) is 9.23 Å². The van der Waals surface area contributed by atoms with Crippen LogP contribution in [0.3, 0.4) is 0 Å². The van der Waals surface area contributed by atoms with Gasteiger partial charge >= 0.3 is 0 Å². The van der Waals surface area contributed by atoms with Crippen molar-refractivity contribution in [1.29, 1.82) is 0 Å². The van der Waals surface area contributed by atoms with Crippen molar-refractivity contribution in [3.63, 3.8) is 0 Å². The molecule has 122 valence electrons. The van der Waals surface area contributed by atoms with E-state index in [1.807, 2.05) is 6.08 Å². The molecular formula is C21H32O. The number of ether oxygens (including phenoxy) is 1. The Balaban J connectivity index is 1.75. The van der Waals surface area contributed by atoms with Crippen LogP contribution in [0.1, 0.15) is 68.9 Å². The Bertz CT molecular complexity index is 412. The predicted octanol–water partition coefficient (Wildman–Crippen LogP) is 5.90. The average Bonchev–Trinajstić information content (AvgIpc) is 2.57. The lowest BCUT2D eigenvalue weighted by Gasteiger charge is -2.28. The van der Waals surface area contributed by atoms with E-state index in [1.54, 1.807) is 5.56 Å². The Kier molecular flexibility index (Phi) is 7.73. The second-order valence-electron chi connectivity index (χ2n) is 6.74. The molecule has 0 heterocycles. The second-order valence-corrected chi connectivity index (χ2v) is 6.74. The summed E-state index contributed by atoms with van der Waals surface area (Å²) in [5, 5.41) is 0. The molecular weight excluding hydrogens is 268 g/mol. The summed E-state index contributed by atoms with van der Waals surface area (Å²) in [6.07, 6.45) is 12.3. The van der Waals surface area contributed by atoms with Gasteiger partial charge in [0.05, 0.1) is 6.61 Å². The van der Waals surface area contributed by atoms with Crippen molar-refractivity contribution in [2.75, 3.05) is 13.2 Å². The highest BCUT2D eigenvalue weighted by Crippen LogP contribution is 2.36. The highest BCUT2D eigenvalue weighted by molar-refractivity contribution is 5.25. The van der Waals surface area contributed by atoms with Crippen LogP contribution in [0.2, 0.25) is 0 Å². The molecule has 0 unspecified atom stereocenters. The van der Waals surface area contributed by atoms with Gasteiger partial charge in [0.2, 0.25) is 0 Å². The van der Waals surface area contributed by atoms with E-state index >= 15 is 0 Å². The van der Waals surface area contributed by atoms with Crippen molar-refractivity contribution in [2.24, 2.45) is 5.92 Å². The van der Waals surface area contributed by atoms with E-state index in [0.717, 1.165) is 18.4 Å². The van der Waals surface area contributed by atoms with Gasteiger partial charge in [-0.25, -0.2) is 0 Å². The van der Waals surface area contributed by atoms with Gasteiger partial charge in [0.15, 0.2) is 0 Å². The monoisotopic (exact) mass is 300 g/mol. The Labute approximate surface area is 136 Å². The number of unbranched alkanes of at least 4 members (excludes halogenated alkanes) is 2. The normalized spacial score (nSPS) is 21.7. The summed E-state index contributed by atoms with van der Waals surface area (Å²) in [4.78, 5) is 0. The van der Waals surface area contributed by atoms with Crippen LogP contribution >= 0.6 is 0 Å². The summed E-state index contributed by atoms with van der Waals surface area (Å²) in [6.45, 7) is 7.57. The molecule has 0 bridgehead atoms. The third-order valence-corrected chi connectivity index (χ3v) is 4.96. The minimum atomic E-state index is 0.694. The van der Waals surface area contributed by atoms with Crippen molar-refractivity contribution in [2.45, 2.75) is 64.2 Å². The summed E-state index contributed by atoms with van der Waals surface area (Å²) >= 11 is 0. The van der Waals surface area contributed by atoms with Gasteiger partial charge in [-0.3, -0.25) is 0 Å². The van der Waals surface area contributed by atoms with E-state index in [9.17, 15) is 0 Å². The number of benzene rings is 1. The van der Waals surface area contributed by atoms with Gasteiger partial charge in [0.25, 0.3) is 0 Å². The van der Waals surface area contributed by atoms with E-state index in [2.05, 4.69) is 37.8 Å². The van der Waals surface area contributed by atoms with Gasteiger partial charge in [-0.15, -0.1) is 6.58 Å². The fourth-order valence-electron chi connectivity index (χ4n) is 3.52. The van der Waals surface area contributed by atoms with Crippen LogP contribution in [0.4, 0.5) is 0 Å². The van der Waals surface area contributed by atoms with Crippen LogP contribution in [0.5, 0.6) is 0 Å². The number of hydrogen-bond acceptors (Lipinski definition) is 1. The van der Waals surface area contributed by atoms with Gasteiger partial charge in [-0.2, -0.15) is 0 Å². The lowest BCUT2D eigenvalue weighted by molar-refractivity contribution is 0.102. The Morgan fingerprint density at radius 2 is 1.82 bits per heavy atom. The standard InChI is InChI=1S/C21H32O/c1-3-5-6-7-18-8-12-20(13-9-18)21-14-10-19(11-15-21)17-22-16-4-2/h4,8-9,12-13,19,21H,2-3,5-7,10-11,14-17H2,1H3/t19-,21-. The Morgan fingerprint density at radius 1 is 1.09 bits per heavy atom. The minimum Gasteiger partial charge on any atom is -0.377 e. The van der Waals surface area contributed by atoms with Gasteiger partial charge in [-0.1, -0.05) is 50.1 Å². The molecule has 1 fully saturated rings. The molecule has 0 aromatic heterocycles. The zero-order valence-electron chi connectivity index (χ0n) is 14.2. The predicted molar refractivity (Wildman–Crippen MR) is 95.4 cm³/mol. The summed E-state index contributed by atoms with van der Waals surface area (Å²) < 4.78 is 5.61. The van der Waals surface area contributed by atoms with E-state index in [0.29, 0.717) is 6.61 Å². The third-order valence-electron chi connectivity index (χ3n) is 4.96. The van der Waals surface area contributed by atoms with E-state index in [-0.39, 0.29) is 0 Å². The number of hydrogen-bond donors (Lipinski definition) is 0. The lowest BCUT2D eigenvalue weighted by atomic mass is 9.79. The minimum absolute atomic E-state index is 0.694. The highest BCUT2D eigenvalue weighted by atomic mass is 16.5. The zero-order chi connectivity index (χ0) is 15.6. The first-order valence-corrected chi connectivity index (χ1v) is 9.11. The van der Waals surface area contributed by atoms with Crippen LogP contribution in [-0.2, 0) is 11.2 Å². The average molecular weight is 300 g/mol. The van der Waals surface area contributed by atoms with Gasteiger partial charge in [0, 0.05) is 6.61 Å². The molecule has 0 amide bonds. The molecule has 1 heteroatoms. The molecule has 22 heavy (non-hydrogen) atoms. The maximum absolute atomic E-state index is 5.61. The quantitative estimate of drug-likeness (QED) is 0.408. The first-order valence-electron chi connectivity index (χ1n) is 9.11. The van der Waals surface area contributed by atoms with E-state index in [4.69, 9.17) is 4.74 Å². The number of rotatable bonds is 9. The van der Waals surface area contributed by atoms with Gasteiger partial charge < -0.3 is 4.74 Å². The second kappa shape index (κ2) is 9.84. The van der Waals surface area contributed by atoms with Crippen LogP contribution < -0.4 is 0 Å². The molecule has 0 radical (unpaired) electrons. The van der Waals surface area contributed by atoms with Gasteiger partial charge in [-0.05, 0) is 61.5 Å². The molecule has 2 rings (SSSR count). The first kappa shape index (κ1) is 17.3. The first-order chi connectivity index (χ1) is 10.8. The summed E-state index contributed by atoms with van der Waals surface area (Å²) in [7, 11) is 0. The van der Waals surface area contributed by atoms with Crippen molar-refractivity contribution in [3.8, 4) is 0 Å². The molecule has 0 N–H and O–H groups in total. The van der Waals surface area contributed by atoms with Crippen molar-refractivity contribution < 1.29 is 4.74 Å². The molecule has 1 aromatic carbocycles. The summed E-state index contributed by atoms with van der Waals surface area (Å²) in [5.74, 6) is 1.52. The molecule has 0 aliphatic heterocycles. The SMILES string of the molecule is C=CCOC[C@H]1CC[C@H](c2ccc(CCCCC)cc2)CC1. The van der Waals surface area contributed by atoms with Crippen molar-refractivity contribution in [3.05, 3.63) is 48.0 Å². The van der Waals surface area contributed by atoms with Crippen molar-refractivity contribution in [1.82, 2.24) is 0 Å². The van der Waals surface area contributed by atoms with E-state index in [1.165, 1.54) is 56.9 Å². The molecule has 0 spiro atoms. The highest BCUT2D eigenvalue weighted by Gasteiger charge is 2.22. The Hall–Kier alpha value is -1.08. The molecule has 1 saturated carbocycles. The summed E-state index contributed by atoms with van der Waals surface area (Å²) in [6, 6.07) is 9.45. The zero-order valence-corrected chi connectivity index (χ0v) is 14.2. The molecule has 1 aromatic rings. The van der Waals surface area contributed by atoms with E-state index < -0.39 is 0 Å². The number of aryl methyl sites for hydroxylation is 1. The molecule has 0 atom stereocenters. The summed E-state index contributed by atoms with van der Waals surface area (Å²) in [5.41, 5.74) is 3.05. The lowest BCUT2D eigenvalue weighted by Crippen LogP contribution is -2.18. The molecule has 1 aliphatic carbocycles. The van der Waals surface area contributed by atoms with Gasteiger partial charge in [0.1, 0.15) is 0 Å². The maximum Gasteiger partial charge on any atom is 0.0644 e. The Morgan fingerprint density at radius 3 is 2.45 bits per heavy atom. The molecule has 1 nitrogen and oxygen atoms in total. The smallest absolute Gasteiger partial charge is 0.0644 e. The molecule has 0 saturated heterocycles. The van der Waals surface area contributed by atoms with Crippen molar-refractivity contribution >= 4 is 0 Å². The fraction of sp³-hybridized carbons (Fsp3) is 0.619. The van der Waals surface area contributed by atoms with Crippen LogP contribution in [0.15, 0.2) is 36.9 Å². The maximum atomic E-state index is 5.61. The third kappa shape index (κ3) is 5.61. The fourth-order valence-corrected chi connectivity index (χ4v) is 3.52. The van der Waals surface area contributed by atoms with Crippen LogP contribution in [0.25, 0.3) is 0 Å².